The standard InChI is InChI=1S/C13H9ClN2O4/c14-8-2-1-3-9(6-8)15-10-4-5-11(13(17)18)12(7-10)16(19)20/h1-7,15H,(H,17,18). The highest BCUT2D eigenvalue weighted by Gasteiger charge is 2.20. The zero-order valence-corrected chi connectivity index (χ0v) is 10.8. The number of nitrogens with one attached hydrogen (secondary N) is 1. The van der Waals surface area contributed by atoms with Gasteiger partial charge in [-0.05, 0) is 30.3 Å². The van der Waals surface area contributed by atoms with Gasteiger partial charge in [-0.3, -0.25) is 10.1 Å². The SMILES string of the molecule is O=C(O)c1ccc(Nc2cccc(Cl)c2)cc1[N+](=O)[O-]. The maximum absolute atomic E-state index is 10.9. The number of benzene rings is 2. The van der Waals surface area contributed by atoms with Crippen LogP contribution >= 0.6 is 11.6 Å². The van der Waals surface area contributed by atoms with Crippen molar-refractivity contribution < 1.29 is 14.8 Å². The van der Waals surface area contributed by atoms with Gasteiger partial charge in [-0.2, -0.15) is 0 Å². The van der Waals surface area contributed by atoms with Gasteiger partial charge in [-0.15, -0.1) is 0 Å². The number of hydrogen-bond acceptors (Lipinski definition) is 4. The molecule has 0 aliphatic heterocycles. The molecule has 20 heavy (non-hydrogen) atoms. The van der Waals surface area contributed by atoms with Crippen LogP contribution in [0.3, 0.4) is 0 Å². The van der Waals surface area contributed by atoms with Gasteiger partial charge in [0.1, 0.15) is 5.56 Å². The highest BCUT2D eigenvalue weighted by atomic mass is 35.5. The third-order valence-electron chi connectivity index (χ3n) is 2.54. The van der Waals surface area contributed by atoms with Crippen LogP contribution in [-0.4, -0.2) is 16.0 Å². The Morgan fingerprint density at radius 3 is 2.50 bits per heavy atom. The molecule has 0 radical (unpaired) electrons. The van der Waals surface area contributed by atoms with Gasteiger partial charge in [0.15, 0.2) is 0 Å². The van der Waals surface area contributed by atoms with E-state index in [2.05, 4.69) is 5.32 Å². The summed E-state index contributed by atoms with van der Waals surface area (Å²) in [6.07, 6.45) is 0. The van der Waals surface area contributed by atoms with E-state index in [0.29, 0.717) is 16.4 Å². The lowest BCUT2D eigenvalue weighted by Gasteiger charge is -2.07. The molecule has 0 unspecified atom stereocenters. The molecule has 0 fully saturated rings. The summed E-state index contributed by atoms with van der Waals surface area (Å²) in [6.45, 7) is 0. The van der Waals surface area contributed by atoms with Gasteiger partial charge < -0.3 is 10.4 Å². The number of carboxylic acids is 1. The maximum atomic E-state index is 10.9. The van der Waals surface area contributed by atoms with E-state index in [1.165, 1.54) is 18.2 Å². The average Bonchev–Trinajstić information content (AvgIpc) is 2.38. The Kier molecular flexibility index (Phi) is 3.86. The number of nitro benzene ring substituents is 1. The molecule has 6 nitrogen and oxygen atoms in total. The van der Waals surface area contributed by atoms with Gasteiger partial charge in [0.2, 0.25) is 0 Å². The van der Waals surface area contributed by atoms with E-state index in [1.54, 1.807) is 24.3 Å². The van der Waals surface area contributed by atoms with Crippen LogP contribution in [0, 0.1) is 10.1 Å². The minimum atomic E-state index is -1.34. The predicted octanol–water partition coefficient (Wildman–Crippen LogP) is 3.69. The Balaban J connectivity index is 2.36. The molecule has 0 saturated heterocycles. The summed E-state index contributed by atoms with van der Waals surface area (Å²) < 4.78 is 0. The molecule has 102 valence electrons. The van der Waals surface area contributed by atoms with E-state index < -0.39 is 16.6 Å². The van der Waals surface area contributed by atoms with Gasteiger partial charge in [-0.1, -0.05) is 17.7 Å². The molecule has 0 bridgehead atoms. The first-order valence-electron chi connectivity index (χ1n) is 5.51. The number of nitro groups is 1. The molecule has 0 atom stereocenters. The zero-order valence-electron chi connectivity index (χ0n) is 10.0. The Morgan fingerprint density at radius 1 is 1.20 bits per heavy atom. The third-order valence-corrected chi connectivity index (χ3v) is 2.77. The summed E-state index contributed by atoms with van der Waals surface area (Å²) >= 11 is 5.83. The Bertz CT molecular complexity index is 688. The number of carboxylic acid groups (broad SMARTS) is 1. The van der Waals surface area contributed by atoms with E-state index in [-0.39, 0.29) is 5.56 Å². The Hall–Kier alpha value is -2.60. The second-order valence-corrected chi connectivity index (χ2v) is 4.37. The van der Waals surface area contributed by atoms with Crippen molar-refractivity contribution in [2.75, 3.05) is 5.32 Å². The van der Waals surface area contributed by atoms with Crippen molar-refractivity contribution in [2.45, 2.75) is 0 Å². The highest BCUT2D eigenvalue weighted by Crippen LogP contribution is 2.26. The van der Waals surface area contributed by atoms with Crippen molar-refractivity contribution >= 4 is 34.6 Å². The van der Waals surface area contributed by atoms with E-state index in [1.807, 2.05) is 0 Å². The molecule has 0 aliphatic carbocycles. The summed E-state index contributed by atoms with van der Waals surface area (Å²) in [6, 6.07) is 10.6. The summed E-state index contributed by atoms with van der Waals surface area (Å²) in [7, 11) is 0. The van der Waals surface area contributed by atoms with Crippen molar-refractivity contribution in [1.29, 1.82) is 0 Å². The lowest BCUT2D eigenvalue weighted by Crippen LogP contribution is -2.03. The first-order valence-corrected chi connectivity index (χ1v) is 5.89. The number of carbonyl (C=O) groups is 1. The van der Waals surface area contributed by atoms with Crippen LogP contribution in [0.25, 0.3) is 0 Å². The molecule has 0 spiro atoms. The van der Waals surface area contributed by atoms with Crippen molar-refractivity contribution in [3.8, 4) is 0 Å². The number of rotatable bonds is 4. The molecule has 0 aromatic heterocycles. The second kappa shape index (κ2) is 5.58. The van der Waals surface area contributed by atoms with Crippen molar-refractivity contribution in [1.82, 2.24) is 0 Å². The topological polar surface area (TPSA) is 92.5 Å². The first kappa shape index (κ1) is 13.8. The molecule has 2 rings (SSSR count). The van der Waals surface area contributed by atoms with Crippen LogP contribution < -0.4 is 5.32 Å². The third kappa shape index (κ3) is 3.04. The van der Waals surface area contributed by atoms with Gasteiger partial charge in [0.05, 0.1) is 4.92 Å². The molecule has 7 heteroatoms. The number of hydrogen-bond donors (Lipinski definition) is 2. The predicted molar refractivity (Wildman–Crippen MR) is 74.8 cm³/mol. The van der Waals surface area contributed by atoms with Crippen LogP contribution in [0.1, 0.15) is 10.4 Å². The summed E-state index contributed by atoms with van der Waals surface area (Å²) in [5.41, 5.74) is 0.231. The van der Waals surface area contributed by atoms with E-state index in [4.69, 9.17) is 16.7 Å². The second-order valence-electron chi connectivity index (χ2n) is 3.93. The fraction of sp³-hybridized carbons (Fsp3) is 0. The Labute approximate surface area is 118 Å². The average molecular weight is 293 g/mol. The van der Waals surface area contributed by atoms with Crippen molar-refractivity contribution in [3.05, 3.63) is 63.2 Å². The molecule has 0 heterocycles. The molecular formula is C13H9ClN2O4. The molecule has 2 aromatic rings. The van der Waals surface area contributed by atoms with Crippen molar-refractivity contribution in [2.24, 2.45) is 0 Å². The van der Waals surface area contributed by atoms with Gasteiger partial charge in [-0.25, -0.2) is 4.79 Å². The van der Waals surface area contributed by atoms with E-state index in [0.717, 1.165) is 0 Å². The van der Waals surface area contributed by atoms with Crippen LogP contribution in [0.4, 0.5) is 17.1 Å². The molecule has 0 amide bonds. The summed E-state index contributed by atoms with van der Waals surface area (Å²) in [5, 5.41) is 23.2. The largest absolute Gasteiger partial charge is 0.477 e. The van der Waals surface area contributed by atoms with Gasteiger partial charge >= 0.3 is 5.97 Å². The lowest BCUT2D eigenvalue weighted by atomic mass is 10.1. The lowest BCUT2D eigenvalue weighted by molar-refractivity contribution is -0.385. The number of anilines is 2. The fourth-order valence-corrected chi connectivity index (χ4v) is 1.86. The quantitative estimate of drug-likeness (QED) is 0.662. The van der Waals surface area contributed by atoms with E-state index >= 15 is 0 Å². The number of halogens is 1. The highest BCUT2D eigenvalue weighted by molar-refractivity contribution is 6.30. The normalized spacial score (nSPS) is 10.1. The maximum Gasteiger partial charge on any atom is 0.342 e. The summed E-state index contributed by atoms with van der Waals surface area (Å²) in [5.74, 6) is -1.34. The fourth-order valence-electron chi connectivity index (χ4n) is 1.67. The summed E-state index contributed by atoms with van der Waals surface area (Å²) in [4.78, 5) is 21.0. The van der Waals surface area contributed by atoms with Crippen molar-refractivity contribution in [3.63, 3.8) is 0 Å². The Morgan fingerprint density at radius 2 is 1.90 bits per heavy atom. The smallest absolute Gasteiger partial charge is 0.342 e. The first-order chi connectivity index (χ1) is 9.47. The molecule has 0 saturated carbocycles. The molecular weight excluding hydrogens is 284 g/mol. The minimum Gasteiger partial charge on any atom is -0.477 e. The minimum absolute atomic E-state index is 0.355. The van der Waals surface area contributed by atoms with Gasteiger partial charge in [0, 0.05) is 22.5 Å². The molecule has 0 aliphatic rings. The monoisotopic (exact) mass is 292 g/mol. The van der Waals surface area contributed by atoms with E-state index in [9.17, 15) is 14.9 Å². The van der Waals surface area contributed by atoms with Crippen LogP contribution in [0.15, 0.2) is 42.5 Å². The molecule has 2 aromatic carbocycles. The number of nitrogens with zero attached hydrogens (tertiary/aromatic N) is 1. The number of aromatic carboxylic acids is 1. The zero-order chi connectivity index (χ0) is 14.7. The van der Waals surface area contributed by atoms with Crippen LogP contribution in [0.5, 0.6) is 0 Å². The molecule has 2 N–H and O–H groups in total. The van der Waals surface area contributed by atoms with Gasteiger partial charge in [0.25, 0.3) is 5.69 Å². The van der Waals surface area contributed by atoms with Crippen LogP contribution in [0.2, 0.25) is 5.02 Å². The van der Waals surface area contributed by atoms with Crippen LogP contribution in [-0.2, 0) is 0 Å².